The highest BCUT2D eigenvalue weighted by Gasteiger charge is 2.48. The van der Waals surface area contributed by atoms with Crippen molar-refractivity contribution >= 4 is 5.91 Å². The summed E-state index contributed by atoms with van der Waals surface area (Å²) in [6.07, 6.45) is 9.89. The third-order valence-corrected chi connectivity index (χ3v) is 6.19. The summed E-state index contributed by atoms with van der Waals surface area (Å²) in [5.41, 5.74) is 2.25. The molecule has 5 nitrogen and oxygen atoms in total. The normalized spacial score (nSPS) is 27.4. The standard InChI is InChI=1S/C20H30N4O/c1-3-9-24-14-18(16(2)21-24)13-22-11-8-20(15-22)7-4-10-23(19(20)25)12-17-5-6-17/h3,14,17H,1,4-13,15H2,2H3/t20-/m1/s1. The molecule has 1 atom stereocenters. The van der Waals surface area contributed by atoms with Crippen LogP contribution in [0.15, 0.2) is 18.9 Å². The molecule has 3 aliphatic rings. The summed E-state index contributed by atoms with van der Waals surface area (Å²) in [4.78, 5) is 17.8. The van der Waals surface area contributed by atoms with Gasteiger partial charge in [-0.1, -0.05) is 6.08 Å². The second-order valence-electron chi connectivity index (χ2n) is 8.29. The van der Waals surface area contributed by atoms with E-state index < -0.39 is 0 Å². The van der Waals surface area contributed by atoms with Gasteiger partial charge in [-0.2, -0.15) is 5.10 Å². The molecule has 0 radical (unpaired) electrons. The van der Waals surface area contributed by atoms with E-state index in [9.17, 15) is 4.79 Å². The fourth-order valence-electron chi connectivity index (χ4n) is 4.59. The molecule has 3 heterocycles. The first-order chi connectivity index (χ1) is 12.1. The molecular formula is C20H30N4O. The van der Waals surface area contributed by atoms with E-state index in [0.29, 0.717) is 5.91 Å². The Labute approximate surface area is 150 Å². The fourth-order valence-corrected chi connectivity index (χ4v) is 4.59. The molecule has 3 fully saturated rings. The zero-order chi connectivity index (χ0) is 17.4. The van der Waals surface area contributed by atoms with Crippen LogP contribution in [0.2, 0.25) is 0 Å². The van der Waals surface area contributed by atoms with Crippen LogP contribution in [0, 0.1) is 18.3 Å². The van der Waals surface area contributed by atoms with Crippen molar-refractivity contribution in [1.29, 1.82) is 0 Å². The topological polar surface area (TPSA) is 41.4 Å². The Morgan fingerprint density at radius 3 is 2.96 bits per heavy atom. The molecule has 25 heavy (non-hydrogen) atoms. The van der Waals surface area contributed by atoms with Crippen molar-refractivity contribution in [3.8, 4) is 0 Å². The molecule has 1 spiro atoms. The largest absolute Gasteiger partial charge is 0.342 e. The molecule has 0 aromatic carbocycles. The molecule has 0 unspecified atom stereocenters. The van der Waals surface area contributed by atoms with Crippen molar-refractivity contribution < 1.29 is 4.79 Å². The summed E-state index contributed by atoms with van der Waals surface area (Å²) in [7, 11) is 0. The van der Waals surface area contributed by atoms with Gasteiger partial charge in [0.2, 0.25) is 5.91 Å². The Morgan fingerprint density at radius 2 is 2.20 bits per heavy atom. The number of hydrogen-bond acceptors (Lipinski definition) is 3. The smallest absolute Gasteiger partial charge is 0.230 e. The van der Waals surface area contributed by atoms with Crippen molar-refractivity contribution in [2.75, 3.05) is 26.2 Å². The van der Waals surface area contributed by atoms with Crippen molar-refractivity contribution in [2.45, 2.75) is 52.1 Å². The van der Waals surface area contributed by atoms with Crippen molar-refractivity contribution in [2.24, 2.45) is 11.3 Å². The van der Waals surface area contributed by atoms with Crippen LogP contribution in [0.1, 0.15) is 43.4 Å². The van der Waals surface area contributed by atoms with E-state index >= 15 is 0 Å². The zero-order valence-corrected chi connectivity index (χ0v) is 15.4. The maximum atomic E-state index is 13.1. The predicted molar refractivity (Wildman–Crippen MR) is 98.0 cm³/mol. The highest BCUT2D eigenvalue weighted by molar-refractivity contribution is 5.84. The van der Waals surface area contributed by atoms with Crippen LogP contribution in [0.3, 0.4) is 0 Å². The van der Waals surface area contributed by atoms with E-state index in [1.807, 2.05) is 10.8 Å². The number of aromatic nitrogens is 2. The second-order valence-corrected chi connectivity index (χ2v) is 8.29. The number of piperidine rings is 1. The molecule has 1 aliphatic carbocycles. The number of nitrogens with zero attached hydrogens (tertiary/aromatic N) is 4. The number of carbonyl (C=O) groups excluding carboxylic acids is 1. The number of hydrogen-bond donors (Lipinski definition) is 0. The predicted octanol–water partition coefficient (Wildman–Crippen LogP) is 2.60. The number of likely N-dealkylation sites (tertiary alicyclic amines) is 2. The second kappa shape index (κ2) is 6.60. The maximum Gasteiger partial charge on any atom is 0.230 e. The minimum Gasteiger partial charge on any atom is -0.342 e. The molecule has 4 rings (SSSR count). The number of rotatable bonds is 6. The van der Waals surface area contributed by atoms with Gasteiger partial charge < -0.3 is 4.90 Å². The van der Waals surface area contributed by atoms with E-state index in [0.717, 1.165) is 63.7 Å². The Balaban J connectivity index is 1.41. The first-order valence-electron chi connectivity index (χ1n) is 9.75. The molecule has 0 N–H and O–H groups in total. The first-order valence-corrected chi connectivity index (χ1v) is 9.75. The van der Waals surface area contributed by atoms with Crippen LogP contribution in [0.4, 0.5) is 0 Å². The highest BCUT2D eigenvalue weighted by Crippen LogP contribution is 2.42. The quantitative estimate of drug-likeness (QED) is 0.746. The Hall–Kier alpha value is -1.62. The maximum absolute atomic E-state index is 13.1. The van der Waals surface area contributed by atoms with Gasteiger partial charge in [0, 0.05) is 37.9 Å². The lowest BCUT2D eigenvalue weighted by Crippen LogP contribution is -2.50. The monoisotopic (exact) mass is 342 g/mol. The summed E-state index contributed by atoms with van der Waals surface area (Å²) < 4.78 is 1.95. The van der Waals surface area contributed by atoms with E-state index in [1.54, 1.807) is 0 Å². The molecular weight excluding hydrogens is 312 g/mol. The van der Waals surface area contributed by atoms with Gasteiger partial charge in [0.15, 0.2) is 0 Å². The lowest BCUT2D eigenvalue weighted by molar-refractivity contribution is -0.145. The van der Waals surface area contributed by atoms with Gasteiger partial charge in [0.25, 0.3) is 0 Å². The third-order valence-electron chi connectivity index (χ3n) is 6.19. The minimum atomic E-state index is -0.113. The number of aryl methyl sites for hydroxylation is 1. The number of amides is 1. The molecule has 1 saturated carbocycles. The van der Waals surface area contributed by atoms with Crippen molar-refractivity contribution in [3.63, 3.8) is 0 Å². The van der Waals surface area contributed by atoms with E-state index in [-0.39, 0.29) is 5.41 Å². The Bertz CT molecular complexity index is 663. The van der Waals surface area contributed by atoms with E-state index in [4.69, 9.17) is 0 Å². The van der Waals surface area contributed by atoms with E-state index in [1.165, 1.54) is 24.8 Å². The minimum absolute atomic E-state index is 0.113. The lowest BCUT2D eigenvalue weighted by atomic mass is 9.78. The zero-order valence-electron chi connectivity index (χ0n) is 15.4. The summed E-state index contributed by atoms with van der Waals surface area (Å²) in [5.74, 6) is 1.22. The van der Waals surface area contributed by atoms with Gasteiger partial charge in [-0.25, -0.2) is 0 Å². The Kier molecular flexibility index (Phi) is 4.44. The SMILES string of the molecule is C=CCn1cc(CN2CC[C@]3(CCCN(CC4CC4)C3=O)C2)c(C)n1. The molecule has 1 aromatic heterocycles. The molecule has 2 saturated heterocycles. The van der Waals surface area contributed by atoms with Gasteiger partial charge in [-0.3, -0.25) is 14.4 Å². The first kappa shape index (κ1) is 16.8. The molecule has 0 bridgehead atoms. The number of allylic oxidation sites excluding steroid dienone is 1. The van der Waals surface area contributed by atoms with Crippen LogP contribution in [-0.4, -0.2) is 51.7 Å². The molecule has 1 amide bonds. The van der Waals surface area contributed by atoms with Crippen LogP contribution in [0.5, 0.6) is 0 Å². The summed E-state index contributed by atoms with van der Waals surface area (Å²) in [5, 5.41) is 4.56. The fraction of sp³-hybridized carbons (Fsp3) is 0.700. The molecule has 5 heteroatoms. The molecule has 136 valence electrons. The van der Waals surface area contributed by atoms with Gasteiger partial charge in [-0.05, 0) is 51.5 Å². The average molecular weight is 342 g/mol. The van der Waals surface area contributed by atoms with Gasteiger partial charge in [-0.15, -0.1) is 6.58 Å². The van der Waals surface area contributed by atoms with Crippen molar-refractivity contribution in [1.82, 2.24) is 19.6 Å². The molecule has 2 aliphatic heterocycles. The van der Waals surface area contributed by atoms with Crippen LogP contribution < -0.4 is 0 Å². The summed E-state index contributed by atoms with van der Waals surface area (Å²) in [6, 6.07) is 0. The molecule has 1 aromatic rings. The Morgan fingerprint density at radius 1 is 1.36 bits per heavy atom. The van der Waals surface area contributed by atoms with Gasteiger partial charge >= 0.3 is 0 Å². The van der Waals surface area contributed by atoms with Crippen LogP contribution in [0.25, 0.3) is 0 Å². The van der Waals surface area contributed by atoms with Crippen LogP contribution in [-0.2, 0) is 17.9 Å². The van der Waals surface area contributed by atoms with Crippen molar-refractivity contribution in [3.05, 3.63) is 30.1 Å². The lowest BCUT2D eigenvalue weighted by Gasteiger charge is -2.39. The van der Waals surface area contributed by atoms with Gasteiger partial charge in [0.1, 0.15) is 0 Å². The summed E-state index contributed by atoms with van der Waals surface area (Å²) >= 11 is 0. The third kappa shape index (κ3) is 3.39. The van der Waals surface area contributed by atoms with E-state index in [2.05, 4.69) is 34.6 Å². The average Bonchev–Trinajstić information content (AvgIpc) is 3.21. The van der Waals surface area contributed by atoms with Crippen LogP contribution >= 0.6 is 0 Å². The highest BCUT2D eigenvalue weighted by atomic mass is 16.2. The summed E-state index contributed by atoms with van der Waals surface area (Å²) in [6.45, 7) is 11.4. The number of carbonyl (C=O) groups is 1. The van der Waals surface area contributed by atoms with Gasteiger partial charge in [0.05, 0.1) is 17.7 Å².